The predicted octanol–water partition coefficient (Wildman–Crippen LogP) is 6.10. The molecule has 0 unspecified atom stereocenters. The molecule has 2 aromatic heterocycles. The summed E-state index contributed by atoms with van der Waals surface area (Å²) in [6.07, 6.45) is -3.29. The average Bonchev–Trinajstić information content (AvgIpc) is 3.22. The van der Waals surface area contributed by atoms with Crippen LogP contribution >= 0.6 is 23.2 Å². The number of carboxylic acids is 1. The highest BCUT2D eigenvalue weighted by molar-refractivity contribution is 6.39. The highest BCUT2D eigenvalue weighted by atomic mass is 35.5. The second-order valence-electron chi connectivity index (χ2n) is 10.7. The van der Waals surface area contributed by atoms with Gasteiger partial charge in [-0.15, -0.1) is 0 Å². The topological polar surface area (TPSA) is 105 Å². The lowest BCUT2D eigenvalue weighted by Crippen LogP contribution is -2.42. The third kappa shape index (κ3) is 6.85. The highest BCUT2D eigenvalue weighted by Gasteiger charge is 2.43. The largest absolute Gasteiger partial charge is 0.481 e. The van der Waals surface area contributed by atoms with Gasteiger partial charge in [0.1, 0.15) is 5.15 Å². The number of alkyl halides is 3. The van der Waals surface area contributed by atoms with Gasteiger partial charge >= 0.3 is 12.1 Å². The number of hydrogen-bond donors (Lipinski definition) is 1. The Morgan fingerprint density at radius 2 is 1.74 bits per heavy atom. The monoisotopic (exact) mass is 576 g/mol. The Morgan fingerprint density at radius 3 is 2.24 bits per heavy atom. The van der Waals surface area contributed by atoms with Crippen molar-refractivity contribution in [1.29, 1.82) is 0 Å². The molecular weight excluding hydrogens is 548 g/mol. The third-order valence-corrected chi connectivity index (χ3v) is 6.88. The van der Waals surface area contributed by atoms with Crippen molar-refractivity contribution in [3.8, 4) is 0 Å². The molecule has 1 saturated carbocycles. The summed E-state index contributed by atoms with van der Waals surface area (Å²) in [4.78, 5) is 43.0. The summed E-state index contributed by atoms with van der Waals surface area (Å²) in [6.45, 7) is 6.34. The number of hydrogen-bond acceptors (Lipinski definition) is 5. The zero-order chi connectivity index (χ0) is 28.6. The van der Waals surface area contributed by atoms with Crippen LogP contribution in [0.3, 0.4) is 0 Å². The maximum atomic E-state index is 14.3. The van der Waals surface area contributed by atoms with Gasteiger partial charge in [0.2, 0.25) is 0 Å². The number of aromatic nitrogens is 3. The van der Waals surface area contributed by atoms with Gasteiger partial charge in [0, 0.05) is 12.2 Å². The van der Waals surface area contributed by atoms with Gasteiger partial charge in [0.25, 0.3) is 5.91 Å². The lowest BCUT2D eigenvalue weighted by molar-refractivity contribution is -0.147. The van der Waals surface area contributed by atoms with Crippen molar-refractivity contribution in [1.82, 2.24) is 19.7 Å². The Hall–Kier alpha value is -2.66. The first kappa shape index (κ1) is 29.9. The normalized spacial score (nSPS) is 18.3. The highest BCUT2D eigenvalue weighted by Crippen LogP contribution is 2.39. The molecule has 8 nitrogen and oxygen atoms in total. The molecule has 1 amide bonds. The first-order valence-electron chi connectivity index (χ1n) is 12.0. The Kier molecular flexibility index (Phi) is 8.82. The lowest BCUT2D eigenvalue weighted by atomic mass is 9.86. The van der Waals surface area contributed by atoms with E-state index in [1.807, 2.05) is 0 Å². The van der Waals surface area contributed by atoms with Crippen LogP contribution in [0, 0.1) is 18.3 Å². The van der Waals surface area contributed by atoms with Gasteiger partial charge in [-0.2, -0.15) is 18.3 Å². The summed E-state index contributed by atoms with van der Waals surface area (Å²) >= 11 is 12.3. The van der Waals surface area contributed by atoms with Gasteiger partial charge in [-0.3, -0.25) is 19.1 Å². The van der Waals surface area contributed by atoms with Crippen LogP contribution in [-0.2, 0) is 11.0 Å². The first-order valence-corrected chi connectivity index (χ1v) is 12.8. The number of Topliss-reactive ketones (excluding diaryl/α,β-unsaturated/α-hetero) is 1. The summed E-state index contributed by atoms with van der Waals surface area (Å²) < 4.78 is 43.7. The molecule has 0 aliphatic heterocycles. The fourth-order valence-corrected chi connectivity index (χ4v) is 5.43. The maximum absolute atomic E-state index is 14.3. The molecule has 1 aliphatic rings. The second kappa shape index (κ2) is 11.2. The third-order valence-electron chi connectivity index (χ3n) is 6.31. The van der Waals surface area contributed by atoms with Crippen LogP contribution in [0.5, 0.6) is 0 Å². The SMILES string of the molecule is Cc1cc(Cl)c(C(=O)CN(CC(C)(C)C)C(=O)c2cnn([C@H]3CC[C@H](C(=O)O)CC3)c2C(F)(F)F)c(Cl)n1. The van der Waals surface area contributed by atoms with Gasteiger partial charge in [0.15, 0.2) is 11.5 Å². The van der Waals surface area contributed by atoms with Crippen molar-refractivity contribution in [2.45, 2.75) is 65.6 Å². The molecule has 0 radical (unpaired) electrons. The van der Waals surface area contributed by atoms with Gasteiger partial charge in [0.05, 0.1) is 40.9 Å². The number of amides is 1. The first-order chi connectivity index (χ1) is 17.5. The van der Waals surface area contributed by atoms with Crippen molar-refractivity contribution >= 4 is 40.9 Å². The van der Waals surface area contributed by atoms with E-state index in [0.717, 1.165) is 15.8 Å². The zero-order valence-corrected chi connectivity index (χ0v) is 22.9. The minimum atomic E-state index is -4.92. The van der Waals surface area contributed by atoms with E-state index in [4.69, 9.17) is 23.2 Å². The van der Waals surface area contributed by atoms with Crippen LogP contribution in [0.25, 0.3) is 0 Å². The molecule has 1 aliphatic carbocycles. The summed E-state index contributed by atoms with van der Waals surface area (Å²) in [5.41, 5.74) is -2.13. The summed E-state index contributed by atoms with van der Waals surface area (Å²) in [7, 11) is 0. The molecular formula is C25H29Cl2F3N4O4. The fourth-order valence-electron chi connectivity index (χ4n) is 4.69. The number of nitrogens with zero attached hydrogens (tertiary/aromatic N) is 4. The molecule has 1 fully saturated rings. The number of halogens is 5. The smallest absolute Gasteiger partial charge is 0.433 e. The van der Waals surface area contributed by atoms with Crippen LogP contribution < -0.4 is 0 Å². The van der Waals surface area contributed by atoms with E-state index in [0.29, 0.717) is 5.69 Å². The zero-order valence-electron chi connectivity index (χ0n) is 21.4. The van der Waals surface area contributed by atoms with Crippen LogP contribution in [0.4, 0.5) is 13.2 Å². The second-order valence-corrected chi connectivity index (χ2v) is 11.5. The molecule has 0 saturated heterocycles. The van der Waals surface area contributed by atoms with Gasteiger partial charge in [-0.25, -0.2) is 4.98 Å². The van der Waals surface area contributed by atoms with Crippen molar-refractivity contribution in [2.75, 3.05) is 13.1 Å². The van der Waals surface area contributed by atoms with E-state index in [2.05, 4.69) is 10.1 Å². The van der Waals surface area contributed by atoms with Crippen molar-refractivity contribution in [3.05, 3.63) is 45.0 Å². The minimum absolute atomic E-state index is 0.0245. The molecule has 0 atom stereocenters. The fraction of sp³-hybridized carbons (Fsp3) is 0.560. The predicted molar refractivity (Wildman–Crippen MR) is 135 cm³/mol. The standard InChI is InChI=1S/C25H29Cl2F3N4O4/c1-13-9-17(26)19(21(27)32-13)18(35)11-33(12-24(2,3)4)22(36)16-10-31-34(20(16)25(28,29)30)15-7-5-14(6-8-15)23(37)38/h9-10,14-15H,5-8,11-12H2,1-4H3,(H,37,38)/t14-,15-. The molecule has 2 aromatic rings. The molecule has 1 N–H and O–H groups in total. The number of carbonyl (C=O) groups is 3. The molecule has 208 valence electrons. The number of carbonyl (C=O) groups excluding carboxylic acids is 2. The summed E-state index contributed by atoms with van der Waals surface area (Å²) in [5.74, 6) is -3.29. The molecule has 0 aromatic carbocycles. The minimum Gasteiger partial charge on any atom is -0.481 e. The number of ketones is 1. The quantitative estimate of drug-likeness (QED) is 0.315. The van der Waals surface area contributed by atoms with Crippen molar-refractivity contribution in [3.63, 3.8) is 0 Å². The van der Waals surface area contributed by atoms with Crippen molar-refractivity contribution < 1.29 is 32.7 Å². The van der Waals surface area contributed by atoms with Crippen molar-refractivity contribution in [2.24, 2.45) is 11.3 Å². The molecule has 3 rings (SSSR count). The van der Waals surface area contributed by atoms with E-state index in [9.17, 15) is 32.7 Å². The van der Waals surface area contributed by atoms with E-state index >= 15 is 0 Å². The Morgan fingerprint density at radius 1 is 1.13 bits per heavy atom. The van der Waals surface area contributed by atoms with E-state index in [1.165, 1.54) is 6.07 Å². The number of aliphatic carboxylic acids is 1. The van der Waals surface area contributed by atoms with Gasteiger partial charge in [-0.1, -0.05) is 44.0 Å². The summed E-state index contributed by atoms with van der Waals surface area (Å²) in [5, 5.41) is 13.0. The van der Waals surface area contributed by atoms with Gasteiger partial charge < -0.3 is 10.0 Å². The van der Waals surface area contributed by atoms with E-state index < -0.39 is 59.0 Å². The van der Waals surface area contributed by atoms with E-state index in [-0.39, 0.29) is 48.0 Å². The maximum Gasteiger partial charge on any atom is 0.433 e. The average molecular weight is 577 g/mol. The van der Waals surface area contributed by atoms with Crippen LogP contribution in [-0.4, -0.2) is 55.5 Å². The Labute approximate surface area is 228 Å². The molecule has 0 bridgehead atoms. The molecule has 0 spiro atoms. The molecule has 2 heterocycles. The van der Waals surface area contributed by atoms with E-state index in [1.54, 1.807) is 27.7 Å². The Bertz CT molecular complexity index is 1210. The van der Waals surface area contributed by atoms with Crippen LogP contribution in [0.15, 0.2) is 12.3 Å². The lowest BCUT2D eigenvalue weighted by Gasteiger charge is -2.30. The van der Waals surface area contributed by atoms with Gasteiger partial charge in [-0.05, 0) is 44.1 Å². The number of rotatable bonds is 7. The number of aryl methyl sites for hydroxylation is 1. The molecule has 38 heavy (non-hydrogen) atoms. The number of pyridine rings is 1. The molecule has 13 heteroatoms. The number of carboxylic acid groups (broad SMARTS) is 1. The van der Waals surface area contributed by atoms with Crippen LogP contribution in [0.1, 0.15) is 84.6 Å². The Balaban J connectivity index is 1.98. The summed E-state index contributed by atoms with van der Waals surface area (Å²) in [6, 6.07) is 0.722. The van der Waals surface area contributed by atoms with Crippen LogP contribution in [0.2, 0.25) is 10.2 Å².